The molecule has 5 heteroatoms. The van der Waals surface area contributed by atoms with E-state index in [1.54, 1.807) is 0 Å². The number of piperidine rings is 1. The van der Waals surface area contributed by atoms with E-state index in [2.05, 4.69) is 9.88 Å². The first-order valence-electron chi connectivity index (χ1n) is 7.40. The summed E-state index contributed by atoms with van der Waals surface area (Å²) in [5, 5.41) is 0. The molecule has 0 spiro atoms. The third-order valence-electron chi connectivity index (χ3n) is 3.39. The number of aromatic nitrogens is 1. The number of nitrogens with two attached hydrogens (primary N) is 1. The molecule has 2 heterocycles. The fourth-order valence-corrected chi connectivity index (χ4v) is 2.42. The second-order valence-corrected chi connectivity index (χ2v) is 5.37. The standard InChI is InChI=1S/C15H25N3O2/c1-4-19-12-7-9-18(10-8-12)14-6-5-13(16)15(17-14)20-11(2)3/h5-6,11-12H,4,7-10,16H2,1-3H3. The first-order valence-corrected chi connectivity index (χ1v) is 7.40. The van der Waals surface area contributed by atoms with E-state index in [1.165, 1.54) is 0 Å². The molecule has 1 aromatic rings. The molecule has 1 aliphatic rings. The molecule has 0 radical (unpaired) electrons. The Balaban J connectivity index is 2.02. The number of ether oxygens (including phenoxy) is 2. The topological polar surface area (TPSA) is 60.6 Å². The molecule has 0 aromatic carbocycles. The molecule has 112 valence electrons. The molecule has 0 aliphatic carbocycles. The zero-order valence-electron chi connectivity index (χ0n) is 12.6. The summed E-state index contributed by atoms with van der Waals surface area (Å²) in [5.41, 5.74) is 6.49. The maximum Gasteiger partial charge on any atom is 0.239 e. The minimum absolute atomic E-state index is 0.0729. The molecule has 2 N–H and O–H groups in total. The van der Waals surface area contributed by atoms with Crippen LogP contribution in [0, 0.1) is 0 Å². The normalized spacial score (nSPS) is 16.7. The Morgan fingerprint density at radius 2 is 2.05 bits per heavy atom. The van der Waals surface area contributed by atoms with Gasteiger partial charge in [-0.2, -0.15) is 4.98 Å². The second kappa shape index (κ2) is 6.79. The third kappa shape index (κ3) is 3.76. The Kier molecular flexibility index (Phi) is 5.06. The van der Waals surface area contributed by atoms with E-state index in [0.29, 0.717) is 17.7 Å². The van der Waals surface area contributed by atoms with Gasteiger partial charge in [0.25, 0.3) is 0 Å². The van der Waals surface area contributed by atoms with Crippen molar-refractivity contribution in [3.63, 3.8) is 0 Å². The van der Waals surface area contributed by atoms with E-state index in [1.807, 2.05) is 32.9 Å². The molecule has 1 saturated heterocycles. The van der Waals surface area contributed by atoms with E-state index < -0.39 is 0 Å². The average molecular weight is 279 g/mol. The van der Waals surface area contributed by atoms with Gasteiger partial charge < -0.3 is 20.1 Å². The van der Waals surface area contributed by atoms with Crippen LogP contribution in [0.5, 0.6) is 5.88 Å². The summed E-state index contributed by atoms with van der Waals surface area (Å²) in [4.78, 5) is 6.81. The minimum atomic E-state index is 0.0729. The molecule has 0 saturated carbocycles. The molecule has 0 bridgehead atoms. The molecule has 1 fully saturated rings. The van der Waals surface area contributed by atoms with E-state index in [-0.39, 0.29) is 6.10 Å². The average Bonchev–Trinajstić information content (AvgIpc) is 2.42. The number of anilines is 2. The molecule has 0 amide bonds. The monoisotopic (exact) mass is 279 g/mol. The van der Waals surface area contributed by atoms with Gasteiger partial charge in [0.2, 0.25) is 5.88 Å². The zero-order valence-corrected chi connectivity index (χ0v) is 12.6. The van der Waals surface area contributed by atoms with Gasteiger partial charge in [-0.05, 0) is 45.7 Å². The van der Waals surface area contributed by atoms with Crippen molar-refractivity contribution in [1.82, 2.24) is 4.98 Å². The van der Waals surface area contributed by atoms with Gasteiger partial charge in [0.15, 0.2) is 0 Å². The Morgan fingerprint density at radius 3 is 2.65 bits per heavy atom. The predicted molar refractivity (Wildman–Crippen MR) is 81.3 cm³/mol. The molecule has 0 atom stereocenters. The van der Waals surface area contributed by atoms with Gasteiger partial charge in [-0.3, -0.25) is 0 Å². The highest BCUT2D eigenvalue weighted by Crippen LogP contribution is 2.26. The number of pyridine rings is 1. The van der Waals surface area contributed by atoms with Crippen LogP contribution in [0.2, 0.25) is 0 Å². The van der Waals surface area contributed by atoms with Gasteiger partial charge in [0, 0.05) is 19.7 Å². The lowest BCUT2D eigenvalue weighted by Crippen LogP contribution is -2.37. The SMILES string of the molecule is CCOC1CCN(c2ccc(N)c(OC(C)C)n2)CC1. The van der Waals surface area contributed by atoms with E-state index in [4.69, 9.17) is 15.2 Å². The maximum atomic E-state index is 5.90. The van der Waals surface area contributed by atoms with Crippen LogP contribution in [0.15, 0.2) is 12.1 Å². The molecule has 0 unspecified atom stereocenters. The summed E-state index contributed by atoms with van der Waals surface area (Å²) in [6.45, 7) is 8.70. The molecule has 2 rings (SSSR count). The van der Waals surface area contributed by atoms with Gasteiger partial charge >= 0.3 is 0 Å². The van der Waals surface area contributed by atoms with E-state index >= 15 is 0 Å². The molecule has 1 aromatic heterocycles. The summed E-state index contributed by atoms with van der Waals surface area (Å²) < 4.78 is 11.3. The molecule has 20 heavy (non-hydrogen) atoms. The van der Waals surface area contributed by atoms with Gasteiger partial charge in [-0.15, -0.1) is 0 Å². The number of nitrogen functional groups attached to an aromatic ring is 1. The van der Waals surface area contributed by atoms with Crippen LogP contribution in [0.4, 0.5) is 11.5 Å². The summed E-state index contributed by atoms with van der Waals surface area (Å²) in [5.74, 6) is 1.47. The number of nitrogens with zero attached hydrogens (tertiary/aromatic N) is 2. The largest absolute Gasteiger partial charge is 0.473 e. The molecule has 1 aliphatic heterocycles. The van der Waals surface area contributed by atoms with Crippen LogP contribution in [0.1, 0.15) is 33.6 Å². The highest BCUT2D eigenvalue weighted by molar-refractivity contribution is 5.54. The highest BCUT2D eigenvalue weighted by Gasteiger charge is 2.21. The van der Waals surface area contributed by atoms with Crippen molar-refractivity contribution in [3.05, 3.63) is 12.1 Å². The van der Waals surface area contributed by atoms with E-state index in [9.17, 15) is 0 Å². The second-order valence-electron chi connectivity index (χ2n) is 5.37. The van der Waals surface area contributed by atoms with Crippen molar-refractivity contribution in [2.75, 3.05) is 30.3 Å². The van der Waals surface area contributed by atoms with Gasteiger partial charge in [0.1, 0.15) is 5.82 Å². The fraction of sp³-hybridized carbons (Fsp3) is 0.667. The lowest BCUT2D eigenvalue weighted by molar-refractivity contribution is 0.0458. The molecular weight excluding hydrogens is 254 g/mol. The van der Waals surface area contributed by atoms with Crippen molar-refractivity contribution in [2.45, 2.75) is 45.8 Å². The zero-order chi connectivity index (χ0) is 14.5. The molecular formula is C15H25N3O2. The van der Waals surface area contributed by atoms with Crippen LogP contribution >= 0.6 is 0 Å². The van der Waals surface area contributed by atoms with Gasteiger partial charge in [-0.1, -0.05) is 0 Å². The van der Waals surface area contributed by atoms with Gasteiger partial charge in [0.05, 0.1) is 17.9 Å². The lowest BCUT2D eigenvalue weighted by atomic mass is 10.1. The fourth-order valence-electron chi connectivity index (χ4n) is 2.42. The van der Waals surface area contributed by atoms with Crippen LogP contribution in [-0.4, -0.2) is 36.9 Å². The predicted octanol–water partition coefficient (Wildman–Crippen LogP) is 2.46. The lowest BCUT2D eigenvalue weighted by Gasteiger charge is -2.32. The first kappa shape index (κ1) is 14.9. The van der Waals surface area contributed by atoms with Crippen molar-refractivity contribution in [3.8, 4) is 5.88 Å². The van der Waals surface area contributed by atoms with Crippen LogP contribution in [0.25, 0.3) is 0 Å². The minimum Gasteiger partial charge on any atom is -0.473 e. The third-order valence-corrected chi connectivity index (χ3v) is 3.39. The first-order chi connectivity index (χ1) is 9.60. The van der Waals surface area contributed by atoms with Crippen molar-refractivity contribution < 1.29 is 9.47 Å². The Labute approximate surface area is 121 Å². The number of hydrogen-bond acceptors (Lipinski definition) is 5. The highest BCUT2D eigenvalue weighted by atomic mass is 16.5. The maximum absolute atomic E-state index is 5.90. The smallest absolute Gasteiger partial charge is 0.239 e. The Hall–Kier alpha value is -1.49. The number of hydrogen-bond donors (Lipinski definition) is 1. The summed E-state index contributed by atoms with van der Waals surface area (Å²) in [6.07, 6.45) is 2.54. The summed E-state index contributed by atoms with van der Waals surface area (Å²) >= 11 is 0. The number of rotatable bonds is 5. The van der Waals surface area contributed by atoms with Gasteiger partial charge in [-0.25, -0.2) is 0 Å². The quantitative estimate of drug-likeness (QED) is 0.897. The van der Waals surface area contributed by atoms with Crippen molar-refractivity contribution in [2.24, 2.45) is 0 Å². The van der Waals surface area contributed by atoms with Crippen molar-refractivity contribution >= 4 is 11.5 Å². The summed E-state index contributed by atoms with van der Waals surface area (Å²) in [6, 6.07) is 3.83. The van der Waals surface area contributed by atoms with Crippen LogP contribution < -0.4 is 15.4 Å². The van der Waals surface area contributed by atoms with E-state index in [0.717, 1.165) is 38.4 Å². The molecule has 5 nitrogen and oxygen atoms in total. The van der Waals surface area contributed by atoms with Crippen LogP contribution in [0.3, 0.4) is 0 Å². The Bertz CT molecular complexity index is 429. The van der Waals surface area contributed by atoms with Crippen LogP contribution in [-0.2, 0) is 4.74 Å². The van der Waals surface area contributed by atoms with Crippen molar-refractivity contribution in [1.29, 1.82) is 0 Å². The summed E-state index contributed by atoms with van der Waals surface area (Å²) in [7, 11) is 0. The Morgan fingerprint density at radius 1 is 1.35 bits per heavy atom.